The zero-order chi connectivity index (χ0) is 18.7. The van der Waals surface area contributed by atoms with Gasteiger partial charge in [0.2, 0.25) is 0 Å². The molecule has 26 heavy (non-hydrogen) atoms. The lowest BCUT2D eigenvalue weighted by molar-refractivity contribution is 0.355. The summed E-state index contributed by atoms with van der Waals surface area (Å²) < 4.78 is 10.8. The molecule has 0 fully saturated rings. The summed E-state index contributed by atoms with van der Waals surface area (Å²) in [6, 6.07) is 9.56. The van der Waals surface area contributed by atoms with Gasteiger partial charge in [0, 0.05) is 27.2 Å². The van der Waals surface area contributed by atoms with Crippen molar-refractivity contribution in [2.45, 2.75) is 19.3 Å². The topological polar surface area (TPSA) is 60.3 Å². The molecule has 3 N–H and O–H groups in total. The van der Waals surface area contributed by atoms with Crippen molar-refractivity contribution in [1.29, 1.82) is 0 Å². The van der Waals surface area contributed by atoms with E-state index in [-0.39, 0.29) is 0 Å². The van der Waals surface area contributed by atoms with Gasteiger partial charge in [-0.25, -0.2) is 0 Å². The summed E-state index contributed by atoms with van der Waals surface area (Å²) in [4.78, 5) is 3.48. The molecule has 3 rings (SSSR count). The second-order valence-electron chi connectivity index (χ2n) is 6.10. The van der Waals surface area contributed by atoms with Gasteiger partial charge in [-0.2, -0.15) is 0 Å². The maximum Gasteiger partial charge on any atom is 0.161 e. The average Bonchev–Trinajstić information content (AvgIpc) is 3.00. The first kappa shape index (κ1) is 18.9. The van der Waals surface area contributed by atoms with Crippen LogP contribution in [0.25, 0.3) is 22.2 Å². The molecule has 0 saturated carbocycles. The van der Waals surface area contributed by atoms with Crippen LogP contribution in [0.3, 0.4) is 0 Å². The lowest BCUT2D eigenvalue weighted by Gasteiger charge is -2.11. The van der Waals surface area contributed by atoms with Crippen molar-refractivity contribution in [3.8, 4) is 22.8 Å². The number of fused-ring (bicyclic) bond motifs is 1. The zero-order valence-electron chi connectivity index (χ0n) is 14.9. The van der Waals surface area contributed by atoms with Crippen LogP contribution in [-0.4, -0.2) is 25.7 Å². The largest absolute Gasteiger partial charge is 0.493 e. The number of methoxy groups -OCH3 is 2. The molecule has 0 aliphatic carbocycles. The van der Waals surface area contributed by atoms with E-state index in [2.05, 4.69) is 4.98 Å². The van der Waals surface area contributed by atoms with Gasteiger partial charge in [0.25, 0.3) is 0 Å². The van der Waals surface area contributed by atoms with Gasteiger partial charge in [0.1, 0.15) is 0 Å². The van der Waals surface area contributed by atoms with Crippen LogP contribution in [0, 0.1) is 0 Å². The van der Waals surface area contributed by atoms with E-state index < -0.39 is 0 Å². The highest BCUT2D eigenvalue weighted by Gasteiger charge is 2.17. The maximum atomic E-state index is 6.51. The van der Waals surface area contributed by atoms with Crippen molar-refractivity contribution in [2.75, 3.05) is 20.8 Å². The minimum Gasteiger partial charge on any atom is -0.493 e. The lowest BCUT2D eigenvalue weighted by atomic mass is 10.00. The third kappa shape index (κ3) is 3.63. The van der Waals surface area contributed by atoms with Crippen LogP contribution in [0.5, 0.6) is 11.5 Å². The number of aromatic amines is 1. The van der Waals surface area contributed by atoms with Gasteiger partial charge in [-0.3, -0.25) is 0 Å². The molecule has 6 heteroatoms. The number of hydrogen-bond acceptors (Lipinski definition) is 3. The van der Waals surface area contributed by atoms with Crippen molar-refractivity contribution in [2.24, 2.45) is 5.73 Å². The van der Waals surface area contributed by atoms with Gasteiger partial charge < -0.3 is 20.2 Å². The molecule has 0 spiro atoms. The first-order chi connectivity index (χ1) is 12.6. The Morgan fingerprint density at radius 1 is 1.00 bits per heavy atom. The van der Waals surface area contributed by atoms with Gasteiger partial charge in [-0.05, 0) is 61.7 Å². The van der Waals surface area contributed by atoms with Gasteiger partial charge in [0.05, 0.1) is 19.2 Å². The standard InChI is InChI=1S/C20H22Cl2N2O2/c1-25-17-7-6-12(9-18(17)26-2)20-14(5-3-4-8-23)19-15(22)10-13(21)11-16(19)24-20/h6-7,9-11,24H,3-5,8,23H2,1-2H3. The second-order valence-corrected chi connectivity index (χ2v) is 6.95. The molecule has 138 valence electrons. The van der Waals surface area contributed by atoms with E-state index in [9.17, 15) is 0 Å². The van der Waals surface area contributed by atoms with Crippen LogP contribution in [-0.2, 0) is 6.42 Å². The molecule has 0 radical (unpaired) electrons. The normalized spacial score (nSPS) is 11.1. The van der Waals surface area contributed by atoms with Crippen LogP contribution in [0.2, 0.25) is 10.0 Å². The smallest absolute Gasteiger partial charge is 0.161 e. The molecular weight excluding hydrogens is 371 g/mol. The first-order valence-corrected chi connectivity index (χ1v) is 9.26. The molecule has 0 bridgehead atoms. The van der Waals surface area contributed by atoms with Gasteiger partial charge in [0.15, 0.2) is 11.5 Å². The van der Waals surface area contributed by atoms with E-state index in [1.807, 2.05) is 24.3 Å². The van der Waals surface area contributed by atoms with Crippen LogP contribution in [0.15, 0.2) is 30.3 Å². The van der Waals surface area contributed by atoms with Crippen LogP contribution >= 0.6 is 23.2 Å². The number of nitrogens with two attached hydrogens (primary N) is 1. The number of hydrogen-bond donors (Lipinski definition) is 2. The third-order valence-corrected chi connectivity index (χ3v) is 4.99. The Balaban J connectivity index is 2.18. The van der Waals surface area contributed by atoms with Crippen molar-refractivity contribution in [3.63, 3.8) is 0 Å². The molecule has 0 aliphatic rings. The van der Waals surface area contributed by atoms with Gasteiger partial charge >= 0.3 is 0 Å². The highest BCUT2D eigenvalue weighted by atomic mass is 35.5. The predicted octanol–water partition coefficient (Wildman–Crippen LogP) is 5.44. The quantitative estimate of drug-likeness (QED) is 0.526. The van der Waals surface area contributed by atoms with Crippen molar-refractivity contribution >= 4 is 34.1 Å². The molecule has 3 aromatic rings. The fourth-order valence-corrected chi connectivity index (χ4v) is 3.86. The number of rotatable bonds is 7. The number of unbranched alkanes of at least 4 members (excludes halogenated alkanes) is 1. The number of aromatic nitrogens is 1. The second kappa shape index (κ2) is 8.21. The molecule has 0 saturated heterocycles. The summed E-state index contributed by atoms with van der Waals surface area (Å²) in [5, 5.41) is 2.27. The Kier molecular flexibility index (Phi) is 5.97. The average molecular weight is 393 g/mol. The van der Waals surface area contributed by atoms with E-state index in [4.69, 9.17) is 38.4 Å². The lowest BCUT2D eigenvalue weighted by Crippen LogP contribution is -1.99. The molecule has 0 atom stereocenters. The minimum absolute atomic E-state index is 0.608. The van der Waals surface area contributed by atoms with Crippen LogP contribution in [0.1, 0.15) is 18.4 Å². The Labute approximate surface area is 163 Å². The highest BCUT2D eigenvalue weighted by molar-refractivity contribution is 6.39. The van der Waals surface area contributed by atoms with E-state index in [0.717, 1.165) is 41.4 Å². The molecule has 0 aliphatic heterocycles. The number of benzene rings is 2. The van der Waals surface area contributed by atoms with Crippen molar-refractivity contribution < 1.29 is 9.47 Å². The van der Waals surface area contributed by atoms with E-state index in [1.165, 1.54) is 5.56 Å². The van der Waals surface area contributed by atoms with Crippen LogP contribution < -0.4 is 15.2 Å². The minimum atomic E-state index is 0.608. The fourth-order valence-electron chi connectivity index (χ4n) is 3.25. The molecule has 2 aromatic carbocycles. The van der Waals surface area contributed by atoms with E-state index in [1.54, 1.807) is 20.3 Å². The maximum absolute atomic E-state index is 6.51. The molecule has 0 unspecified atom stereocenters. The summed E-state index contributed by atoms with van der Waals surface area (Å²) in [5.41, 5.74) is 9.79. The highest BCUT2D eigenvalue weighted by Crippen LogP contribution is 2.39. The summed E-state index contributed by atoms with van der Waals surface area (Å²) in [6.07, 6.45) is 2.83. The van der Waals surface area contributed by atoms with Gasteiger partial charge in [-0.1, -0.05) is 23.2 Å². The SMILES string of the molecule is COc1ccc(-c2[nH]c3cc(Cl)cc(Cl)c3c2CCCCN)cc1OC. The third-order valence-electron chi connectivity index (χ3n) is 4.47. The molecule has 0 amide bonds. The molecular formula is C20H22Cl2N2O2. The summed E-state index contributed by atoms with van der Waals surface area (Å²) in [7, 11) is 3.26. The Bertz CT molecular complexity index is 922. The first-order valence-electron chi connectivity index (χ1n) is 8.51. The Morgan fingerprint density at radius 2 is 1.77 bits per heavy atom. The fraction of sp³-hybridized carbons (Fsp3) is 0.300. The van der Waals surface area contributed by atoms with E-state index >= 15 is 0 Å². The van der Waals surface area contributed by atoms with Crippen LogP contribution in [0.4, 0.5) is 0 Å². The number of halogens is 2. The summed E-state index contributed by atoms with van der Waals surface area (Å²) >= 11 is 12.7. The number of H-pyrrole nitrogens is 1. The summed E-state index contributed by atoms with van der Waals surface area (Å²) in [6.45, 7) is 0.674. The number of nitrogens with one attached hydrogen (secondary N) is 1. The monoisotopic (exact) mass is 392 g/mol. The predicted molar refractivity (Wildman–Crippen MR) is 109 cm³/mol. The van der Waals surface area contributed by atoms with E-state index in [0.29, 0.717) is 28.1 Å². The molecule has 1 heterocycles. The Morgan fingerprint density at radius 3 is 2.46 bits per heavy atom. The van der Waals surface area contributed by atoms with Gasteiger partial charge in [-0.15, -0.1) is 0 Å². The molecule has 1 aromatic heterocycles. The van der Waals surface area contributed by atoms with Crippen molar-refractivity contribution in [1.82, 2.24) is 4.98 Å². The molecule has 4 nitrogen and oxygen atoms in total. The Hall–Kier alpha value is -1.88. The zero-order valence-corrected chi connectivity index (χ0v) is 16.4. The summed E-state index contributed by atoms with van der Waals surface area (Å²) in [5.74, 6) is 1.37. The van der Waals surface area contributed by atoms with Crippen molar-refractivity contribution in [3.05, 3.63) is 45.9 Å². The number of ether oxygens (including phenoxy) is 2. The number of aryl methyl sites for hydroxylation is 1.